The number of hydrogen-bond donors (Lipinski definition) is 2. The molecular weight excluding hydrogens is 318 g/mol. The third kappa shape index (κ3) is 3.60. The van der Waals surface area contributed by atoms with E-state index in [1.54, 1.807) is 31.1 Å². The predicted molar refractivity (Wildman–Crippen MR) is 95.3 cm³/mol. The van der Waals surface area contributed by atoms with Crippen molar-refractivity contribution < 1.29 is 9.59 Å². The van der Waals surface area contributed by atoms with Crippen LogP contribution in [0, 0.1) is 6.92 Å². The number of benzene rings is 1. The molecule has 0 spiro atoms. The van der Waals surface area contributed by atoms with Crippen LogP contribution in [0.5, 0.6) is 0 Å². The molecule has 2 aromatic rings. The normalized spacial score (nSPS) is 16.8. The number of rotatable bonds is 4. The molecule has 25 heavy (non-hydrogen) atoms. The summed E-state index contributed by atoms with van der Waals surface area (Å²) in [5, 5.41) is 5.80. The van der Waals surface area contributed by atoms with Crippen molar-refractivity contribution in [3.05, 3.63) is 41.6 Å². The van der Waals surface area contributed by atoms with Crippen molar-refractivity contribution in [1.82, 2.24) is 20.2 Å². The van der Waals surface area contributed by atoms with Gasteiger partial charge in [-0.05, 0) is 25.5 Å². The molecule has 0 aliphatic carbocycles. The van der Waals surface area contributed by atoms with E-state index in [4.69, 9.17) is 0 Å². The average molecular weight is 339 g/mol. The van der Waals surface area contributed by atoms with Gasteiger partial charge >= 0.3 is 0 Å². The van der Waals surface area contributed by atoms with Crippen molar-refractivity contribution in [2.45, 2.75) is 19.4 Å². The average Bonchev–Trinajstić information content (AvgIpc) is 2.93. The highest BCUT2D eigenvalue weighted by atomic mass is 16.2. The largest absolute Gasteiger partial charge is 0.373 e. The number of likely N-dealkylation sites (tertiary alicyclic amines) is 1. The van der Waals surface area contributed by atoms with Gasteiger partial charge in [0.25, 0.3) is 5.91 Å². The van der Waals surface area contributed by atoms with Gasteiger partial charge in [0.1, 0.15) is 11.9 Å². The molecule has 0 saturated carbocycles. The van der Waals surface area contributed by atoms with Crippen LogP contribution in [-0.2, 0) is 4.79 Å². The number of amides is 2. The van der Waals surface area contributed by atoms with Crippen LogP contribution in [0.15, 0.2) is 30.3 Å². The fraction of sp³-hybridized carbons (Fsp3) is 0.333. The summed E-state index contributed by atoms with van der Waals surface area (Å²) in [7, 11) is 3.55. The molecule has 7 heteroatoms. The van der Waals surface area contributed by atoms with Gasteiger partial charge in [-0.15, -0.1) is 0 Å². The minimum Gasteiger partial charge on any atom is -0.373 e. The molecule has 0 unspecified atom stereocenters. The molecule has 7 nitrogen and oxygen atoms in total. The Hall–Kier alpha value is -2.96. The summed E-state index contributed by atoms with van der Waals surface area (Å²) in [5.74, 6) is 1.05. The monoisotopic (exact) mass is 339 g/mol. The van der Waals surface area contributed by atoms with E-state index in [0.717, 1.165) is 17.1 Å². The molecule has 1 aliphatic heterocycles. The van der Waals surface area contributed by atoms with E-state index < -0.39 is 6.04 Å². The van der Waals surface area contributed by atoms with E-state index in [1.807, 2.05) is 25.1 Å². The lowest BCUT2D eigenvalue weighted by atomic mass is 10.1. The van der Waals surface area contributed by atoms with Gasteiger partial charge in [-0.2, -0.15) is 0 Å². The molecule has 0 bridgehead atoms. The second-order valence-electron chi connectivity index (χ2n) is 6.12. The van der Waals surface area contributed by atoms with E-state index in [0.29, 0.717) is 24.4 Å². The van der Waals surface area contributed by atoms with Gasteiger partial charge in [0.05, 0.1) is 0 Å². The first-order valence-electron chi connectivity index (χ1n) is 8.17. The Morgan fingerprint density at radius 1 is 1.24 bits per heavy atom. The number of likely N-dealkylation sites (N-methyl/N-ethyl adjacent to an activating group) is 1. The smallest absolute Gasteiger partial charge is 0.251 e. The first-order chi connectivity index (χ1) is 12.0. The van der Waals surface area contributed by atoms with Crippen molar-refractivity contribution in [3.8, 4) is 11.4 Å². The number of carbonyl (C=O) groups excluding carboxylic acids is 2. The molecule has 1 saturated heterocycles. The molecule has 1 aliphatic rings. The lowest BCUT2D eigenvalue weighted by Crippen LogP contribution is -2.40. The van der Waals surface area contributed by atoms with E-state index in [9.17, 15) is 9.59 Å². The van der Waals surface area contributed by atoms with Crippen molar-refractivity contribution in [2.24, 2.45) is 0 Å². The van der Waals surface area contributed by atoms with Crippen LogP contribution in [0.25, 0.3) is 11.4 Å². The number of nitrogens with one attached hydrogen (secondary N) is 2. The first kappa shape index (κ1) is 16.9. The van der Waals surface area contributed by atoms with Crippen LogP contribution in [-0.4, -0.2) is 53.4 Å². The lowest BCUT2D eigenvalue weighted by molar-refractivity contribution is -0.128. The summed E-state index contributed by atoms with van der Waals surface area (Å²) in [6.45, 7) is 2.57. The van der Waals surface area contributed by atoms with Crippen molar-refractivity contribution in [1.29, 1.82) is 0 Å². The van der Waals surface area contributed by atoms with E-state index >= 15 is 0 Å². The zero-order valence-corrected chi connectivity index (χ0v) is 14.5. The van der Waals surface area contributed by atoms with Crippen LogP contribution < -0.4 is 10.6 Å². The van der Waals surface area contributed by atoms with Gasteiger partial charge in [-0.3, -0.25) is 9.59 Å². The highest BCUT2D eigenvalue weighted by Gasteiger charge is 2.30. The zero-order chi connectivity index (χ0) is 18.0. The first-order valence-corrected chi connectivity index (χ1v) is 8.17. The fourth-order valence-electron chi connectivity index (χ4n) is 2.79. The Kier molecular flexibility index (Phi) is 4.65. The second-order valence-corrected chi connectivity index (χ2v) is 6.12. The van der Waals surface area contributed by atoms with Crippen molar-refractivity contribution in [2.75, 3.05) is 26.0 Å². The van der Waals surface area contributed by atoms with Gasteiger partial charge in [-0.25, -0.2) is 9.97 Å². The molecular formula is C18H21N5O2. The number of aryl methyl sites for hydroxylation is 1. The second kappa shape index (κ2) is 6.88. The minimum absolute atomic E-state index is 0.0438. The van der Waals surface area contributed by atoms with Crippen LogP contribution in [0.2, 0.25) is 0 Å². The highest BCUT2D eigenvalue weighted by molar-refractivity contribution is 5.98. The summed E-state index contributed by atoms with van der Waals surface area (Å²) in [6.07, 6.45) is 0.642. The van der Waals surface area contributed by atoms with Crippen LogP contribution in [0.3, 0.4) is 0 Å². The predicted octanol–water partition coefficient (Wildman–Crippen LogP) is 1.45. The maximum absolute atomic E-state index is 12.3. The SMILES string of the molecule is CNc1cc(C)nc(-c2ccc(C(=O)N[C@H]3CCN(C)C3=O)cc2)n1. The Bertz CT molecular complexity index is 804. The molecule has 130 valence electrons. The van der Waals surface area contributed by atoms with Gasteiger partial charge < -0.3 is 15.5 Å². The van der Waals surface area contributed by atoms with Gasteiger partial charge in [-0.1, -0.05) is 12.1 Å². The Morgan fingerprint density at radius 3 is 2.56 bits per heavy atom. The van der Waals surface area contributed by atoms with Crippen molar-refractivity contribution in [3.63, 3.8) is 0 Å². The standard InChI is InChI=1S/C18H21N5O2/c1-11-10-15(19-2)22-16(20-11)12-4-6-13(7-5-12)17(24)21-14-8-9-23(3)18(14)25/h4-7,10,14H,8-9H2,1-3H3,(H,21,24)(H,19,20,22)/t14-/m0/s1. The van der Waals surface area contributed by atoms with E-state index in [-0.39, 0.29) is 11.8 Å². The van der Waals surface area contributed by atoms with Crippen LogP contribution >= 0.6 is 0 Å². The zero-order valence-electron chi connectivity index (χ0n) is 14.5. The maximum atomic E-state index is 12.3. The Labute approximate surface area is 146 Å². The maximum Gasteiger partial charge on any atom is 0.251 e. The molecule has 2 amide bonds. The summed E-state index contributed by atoms with van der Waals surface area (Å²) < 4.78 is 0. The Morgan fingerprint density at radius 2 is 1.96 bits per heavy atom. The summed E-state index contributed by atoms with van der Waals surface area (Å²) in [5.41, 5.74) is 2.20. The van der Waals surface area contributed by atoms with E-state index in [2.05, 4.69) is 20.6 Å². The molecule has 2 heterocycles. The lowest BCUT2D eigenvalue weighted by Gasteiger charge is -2.12. The number of hydrogen-bond acceptors (Lipinski definition) is 5. The quantitative estimate of drug-likeness (QED) is 0.880. The van der Waals surface area contributed by atoms with Gasteiger partial charge in [0.15, 0.2) is 5.82 Å². The molecule has 3 rings (SSSR count). The topological polar surface area (TPSA) is 87.2 Å². The van der Waals surface area contributed by atoms with Gasteiger partial charge in [0.2, 0.25) is 5.91 Å². The Balaban J connectivity index is 1.75. The number of aromatic nitrogens is 2. The van der Waals surface area contributed by atoms with Crippen LogP contribution in [0.4, 0.5) is 5.82 Å². The number of anilines is 1. The molecule has 1 atom stereocenters. The molecule has 2 N–H and O–H groups in total. The van der Waals surface area contributed by atoms with Crippen LogP contribution in [0.1, 0.15) is 22.5 Å². The summed E-state index contributed by atoms with van der Waals surface area (Å²) >= 11 is 0. The highest BCUT2D eigenvalue weighted by Crippen LogP contribution is 2.19. The molecule has 0 radical (unpaired) electrons. The molecule has 1 aromatic heterocycles. The number of nitrogens with zero attached hydrogens (tertiary/aromatic N) is 3. The molecule has 1 fully saturated rings. The van der Waals surface area contributed by atoms with E-state index in [1.165, 1.54) is 0 Å². The fourth-order valence-corrected chi connectivity index (χ4v) is 2.79. The van der Waals surface area contributed by atoms with Gasteiger partial charge in [0, 0.05) is 43.5 Å². The summed E-state index contributed by atoms with van der Waals surface area (Å²) in [4.78, 5) is 34.7. The molecule has 1 aromatic carbocycles. The summed E-state index contributed by atoms with van der Waals surface area (Å²) in [6, 6.07) is 8.49. The van der Waals surface area contributed by atoms with Crippen molar-refractivity contribution >= 4 is 17.6 Å². The minimum atomic E-state index is -0.435. The third-order valence-corrected chi connectivity index (χ3v) is 4.25. The number of carbonyl (C=O) groups is 2. The third-order valence-electron chi connectivity index (χ3n) is 4.25.